The van der Waals surface area contributed by atoms with Gasteiger partial charge in [0.2, 0.25) is 5.91 Å². The Labute approximate surface area is 188 Å². The van der Waals surface area contributed by atoms with Crippen LogP contribution in [0.5, 0.6) is 0 Å². The number of carboxylic acid groups (broad SMARTS) is 1. The zero-order chi connectivity index (χ0) is 23.1. The molecule has 0 bridgehead atoms. The number of fused-ring (bicyclic) bond motifs is 3. The first-order chi connectivity index (χ1) is 15.4. The summed E-state index contributed by atoms with van der Waals surface area (Å²) in [6.07, 6.45) is -0.127. The third kappa shape index (κ3) is 5.46. The van der Waals surface area contributed by atoms with Crippen molar-refractivity contribution in [1.29, 1.82) is 0 Å². The van der Waals surface area contributed by atoms with Crippen LogP contribution >= 0.6 is 0 Å². The lowest BCUT2D eigenvalue weighted by molar-refractivity contribution is -0.139. The number of ether oxygens (including phenoxy) is 1. The average Bonchev–Trinajstić information content (AvgIpc) is 3.12. The molecular weight excluding hydrogens is 408 g/mol. The molecule has 1 aliphatic carbocycles. The van der Waals surface area contributed by atoms with Crippen molar-refractivity contribution >= 4 is 18.0 Å². The second kappa shape index (κ2) is 10.8. The molecule has 3 rings (SSSR count). The monoisotopic (exact) mass is 438 g/mol. The van der Waals surface area contributed by atoms with Crippen LogP contribution in [0.4, 0.5) is 4.79 Å². The standard InChI is InChI=1S/C25H30N2O5/c1-3-27(14-8-13-23(28)29)24(30)17(2)15-26-25(31)32-16-22-20-11-6-4-9-18(20)19-10-5-7-12-21(19)22/h4-7,9-12,17,22H,3,8,13-16H2,1-2H3,(H,26,31)(H,28,29). The summed E-state index contributed by atoms with van der Waals surface area (Å²) in [4.78, 5) is 37.2. The van der Waals surface area contributed by atoms with Gasteiger partial charge >= 0.3 is 12.1 Å². The van der Waals surface area contributed by atoms with Crippen LogP contribution in [-0.2, 0) is 14.3 Å². The van der Waals surface area contributed by atoms with E-state index in [2.05, 4.69) is 29.6 Å². The number of carbonyl (C=O) groups excluding carboxylic acids is 2. The number of benzene rings is 2. The molecule has 0 aliphatic heterocycles. The molecule has 0 saturated carbocycles. The Balaban J connectivity index is 1.50. The number of alkyl carbamates (subject to hydrolysis) is 1. The van der Waals surface area contributed by atoms with Crippen molar-refractivity contribution in [2.24, 2.45) is 5.92 Å². The largest absolute Gasteiger partial charge is 0.481 e. The summed E-state index contributed by atoms with van der Waals surface area (Å²) in [7, 11) is 0. The Kier molecular flexibility index (Phi) is 7.87. The van der Waals surface area contributed by atoms with Gasteiger partial charge in [-0.05, 0) is 35.6 Å². The summed E-state index contributed by atoms with van der Waals surface area (Å²) in [5, 5.41) is 11.5. The van der Waals surface area contributed by atoms with Crippen molar-refractivity contribution < 1.29 is 24.2 Å². The molecule has 0 heterocycles. The minimum Gasteiger partial charge on any atom is -0.481 e. The number of amides is 2. The SMILES string of the molecule is CCN(CCCC(=O)O)C(=O)C(C)CNC(=O)OCC1c2ccccc2-c2ccccc21. The maximum absolute atomic E-state index is 12.6. The molecule has 0 radical (unpaired) electrons. The van der Waals surface area contributed by atoms with Crippen LogP contribution in [0.25, 0.3) is 11.1 Å². The Morgan fingerprint density at radius 3 is 2.22 bits per heavy atom. The molecule has 2 N–H and O–H groups in total. The number of hydrogen-bond acceptors (Lipinski definition) is 4. The van der Waals surface area contributed by atoms with Gasteiger partial charge in [-0.1, -0.05) is 55.5 Å². The third-order valence-corrected chi connectivity index (χ3v) is 5.83. The molecule has 2 aromatic rings. The normalized spacial score (nSPS) is 13.1. The molecule has 1 aliphatic rings. The highest BCUT2D eigenvalue weighted by Crippen LogP contribution is 2.44. The molecule has 170 valence electrons. The molecule has 0 fully saturated rings. The number of rotatable bonds is 10. The third-order valence-electron chi connectivity index (χ3n) is 5.83. The van der Waals surface area contributed by atoms with E-state index in [0.717, 1.165) is 11.1 Å². The van der Waals surface area contributed by atoms with Crippen LogP contribution in [0.1, 0.15) is 43.7 Å². The minimum atomic E-state index is -0.876. The summed E-state index contributed by atoms with van der Waals surface area (Å²) in [5.41, 5.74) is 4.62. The van der Waals surface area contributed by atoms with E-state index < -0.39 is 18.0 Å². The summed E-state index contributed by atoms with van der Waals surface area (Å²) in [6, 6.07) is 16.3. The first kappa shape index (κ1) is 23.3. The lowest BCUT2D eigenvalue weighted by Crippen LogP contribution is -2.41. The van der Waals surface area contributed by atoms with Crippen LogP contribution in [0.2, 0.25) is 0 Å². The highest BCUT2D eigenvalue weighted by Gasteiger charge is 2.29. The first-order valence-electron chi connectivity index (χ1n) is 11.0. The van der Waals surface area contributed by atoms with Crippen LogP contribution in [0.3, 0.4) is 0 Å². The van der Waals surface area contributed by atoms with E-state index in [1.54, 1.807) is 11.8 Å². The number of nitrogens with one attached hydrogen (secondary N) is 1. The predicted molar refractivity (Wildman–Crippen MR) is 121 cm³/mol. The highest BCUT2D eigenvalue weighted by atomic mass is 16.5. The zero-order valence-electron chi connectivity index (χ0n) is 18.5. The Bertz CT molecular complexity index is 929. The van der Waals surface area contributed by atoms with Gasteiger partial charge < -0.3 is 20.1 Å². The van der Waals surface area contributed by atoms with E-state index in [-0.39, 0.29) is 31.4 Å². The predicted octanol–water partition coefficient (Wildman–Crippen LogP) is 3.87. The number of carboxylic acids is 1. The fourth-order valence-corrected chi connectivity index (χ4v) is 4.13. The lowest BCUT2D eigenvalue weighted by Gasteiger charge is -2.24. The van der Waals surface area contributed by atoms with Crippen molar-refractivity contribution in [1.82, 2.24) is 10.2 Å². The van der Waals surface area contributed by atoms with E-state index in [0.29, 0.717) is 19.5 Å². The van der Waals surface area contributed by atoms with Gasteiger partial charge in [0.05, 0.1) is 5.92 Å². The van der Waals surface area contributed by atoms with Gasteiger partial charge in [0.25, 0.3) is 0 Å². The maximum atomic E-state index is 12.6. The topological polar surface area (TPSA) is 95.9 Å². The quantitative estimate of drug-likeness (QED) is 0.587. The van der Waals surface area contributed by atoms with Gasteiger partial charge in [-0.3, -0.25) is 9.59 Å². The molecule has 0 spiro atoms. The van der Waals surface area contributed by atoms with Gasteiger partial charge in [-0.15, -0.1) is 0 Å². The Morgan fingerprint density at radius 1 is 1.06 bits per heavy atom. The van der Waals surface area contributed by atoms with E-state index >= 15 is 0 Å². The summed E-state index contributed by atoms with van der Waals surface area (Å²) >= 11 is 0. The molecular formula is C25H30N2O5. The Hall–Kier alpha value is -3.35. The van der Waals surface area contributed by atoms with Gasteiger partial charge in [0.1, 0.15) is 6.61 Å². The lowest BCUT2D eigenvalue weighted by atomic mass is 9.98. The number of nitrogens with zero attached hydrogens (tertiary/aromatic N) is 1. The molecule has 7 nitrogen and oxygen atoms in total. The first-order valence-corrected chi connectivity index (χ1v) is 11.0. The van der Waals surface area contributed by atoms with Crippen molar-refractivity contribution in [3.63, 3.8) is 0 Å². The van der Waals surface area contributed by atoms with E-state index in [1.807, 2.05) is 31.2 Å². The van der Waals surface area contributed by atoms with Gasteiger partial charge in [0, 0.05) is 32.0 Å². The van der Waals surface area contributed by atoms with Gasteiger partial charge in [-0.25, -0.2) is 4.79 Å². The molecule has 0 saturated heterocycles. The minimum absolute atomic E-state index is 0.0166. The zero-order valence-corrected chi connectivity index (χ0v) is 18.5. The van der Waals surface area contributed by atoms with Gasteiger partial charge in [-0.2, -0.15) is 0 Å². The molecule has 32 heavy (non-hydrogen) atoms. The van der Waals surface area contributed by atoms with Gasteiger partial charge in [0.15, 0.2) is 0 Å². The fourth-order valence-electron chi connectivity index (χ4n) is 4.13. The molecule has 1 unspecified atom stereocenters. The molecule has 1 atom stereocenters. The van der Waals surface area contributed by atoms with Crippen molar-refractivity contribution in [3.05, 3.63) is 59.7 Å². The fraction of sp³-hybridized carbons (Fsp3) is 0.400. The van der Waals surface area contributed by atoms with Crippen molar-refractivity contribution in [3.8, 4) is 11.1 Å². The Morgan fingerprint density at radius 2 is 1.66 bits per heavy atom. The second-order valence-corrected chi connectivity index (χ2v) is 8.02. The van der Waals surface area contributed by atoms with E-state index in [4.69, 9.17) is 9.84 Å². The molecule has 7 heteroatoms. The van der Waals surface area contributed by atoms with E-state index in [9.17, 15) is 14.4 Å². The summed E-state index contributed by atoms with van der Waals surface area (Å²) in [6.45, 7) is 4.85. The van der Waals surface area contributed by atoms with E-state index in [1.165, 1.54) is 11.1 Å². The molecule has 0 aromatic heterocycles. The smallest absolute Gasteiger partial charge is 0.407 e. The number of carbonyl (C=O) groups is 3. The second-order valence-electron chi connectivity index (χ2n) is 8.02. The molecule has 2 aromatic carbocycles. The maximum Gasteiger partial charge on any atom is 0.407 e. The molecule has 2 amide bonds. The number of aliphatic carboxylic acids is 1. The summed E-state index contributed by atoms with van der Waals surface area (Å²) < 4.78 is 5.51. The highest BCUT2D eigenvalue weighted by molar-refractivity contribution is 5.80. The van der Waals surface area contributed by atoms with Crippen LogP contribution in [-0.4, -0.2) is 54.2 Å². The van der Waals surface area contributed by atoms with Crippen LogP contribution < -0.4 is 5.32 Å². The van der Waals surface area contributed by atoms with Crippen molar-refractivity contribution in [2.75, 3.05) is 26.2 Å². The van der Waals surface area contributed by atoms with Crippen LogP contribution in [0.15, 0.2) is 48.5 Å². The van der Waals surface area contributed by atoms with Crippen LogP contribution in [0, 0.1) is 5.92 Å². The average molecular weight is 439 g/mol. The number of hydrogen-bond donors (Lipinski definition) is 2. The van der Waals surface area contributed by atoms with Crippen molar-refractivity contribution in [2.45, 2.75) is 32.6 Å². The summed E-state index contributed by atoms with van der Waals surface area (Å²) in [5.74, 6) is -1.44.